The Morgan fingerprint density at radius 2 is 1.82 bits per heavy atom. The van der Waals surface area contributed by atoms with E-state index < -0.39 is 11.8 Å². The maximum atomic E-state index is 13.7. The average molecular weight is 560 g/mol. The van der Waals surface area contributed by atoms with Crippen LogP contribution in [0.3, 0.4) is 0 Å². The number of carbonyl (C=O) groups excluding carboxylic acids is 2. The molecule has 0 aliphatic carbocycles. The fraction of sp³-hybridized carbons (Fsp3) is 0.355. The van der Waals surface area contributed by atoms with Crippen LogP contribution in [0.15, 0.2) is 83.3 Å². The zero-order chi connectivity index (χ0) is 27.5. The molecule has 2 fully saturated rings. The van der Waals surface area contributed by atoms with Gasteiger partial charge >= 0.3 is 0 Å². The minimum absolute atomic E-state index is 0.00194. The highest BCUT2D eigenvalue weighted by atomic mass is 32.1. The van der Waals surface area contributed by atoms with Crippen LogP contribution in [0, 0.1) is 0 Å². The molecule has 2 amide bonds. The number of carbonyl (C=O) groups is 2. The molecular formula is C31H33N3O5S. The largest absolute Gasteiger partial charge is 0.459 e. The molecule has 0 radical (unpaired) electrons. The third kappa shape index (κ3) is 5.24. The summed E-state index contributed by atoms with van der Waals surface area (Å²) in [5.74, 6) is 0.163. The van der Waals surface area contributed by atoms with Crippen molar-refractivity contribution in [3.8, 4) is 0 Å². The summed E-state index contributed by atoms with van der Waals surface area (Å²) < 4.78 is 12.3. The highest BCUT2D eigenvalue weighted by Gasteiger charge is 2.51. The number of amides is 2. The highest BCUT2D eigenvalue weighted by Crippen LogP contribution is 2.38. The Morgan fingerprint density at radius 1 is 1.07 bits per heavy atom. The number of likely N-dealkylation sites (tertiary alicyclic amines) is 1. The van der Waals surface area contributed by atoms with E-state index >= 15 is 0 Å². The molecule has 2 N–H and O–H groups in total. The first-order valence-corrected chi connectivity index (χ1v) is 14.6. The molecule has 0 bridgehead atoms. The molecule has 40 heavy (non-hydrogen) atoms. The van der Waals surface area contributed by atoms with Gasteiger partial charge in [0.25, 0.3) is 5.91 Å². The first kappa shape index (κ1) is 26.6. The van der Waals surface area contributed by atoms with Crippen LogP contribution >= 0.6 is 11.3 Å². The first-order valence-electron chi connectivity index (χ1n) is 13.7. The molecule has 1 spiro atoms. The summed E-state index contributed by atoms with van der Waals surface area (Å²) in [5, 5.41) is 16.4. The van der Waals surface area contributed by atoms with E-state index in [4.69, 9.17) is 9.47 Å². The van der Waals surface area contributed by atoms with Crippen molar-refractivity contribution < 1.29 is 24.2 Å². The smallest absolute Gasteiger partial charge is 0.288 e. The minimum Gasteiger partial charge on any atom is -0.459 e. The van der Waals surface area contributed by atoms with Gasteiger partial charge in [-0.1, -0.05) is 42.5 Å². The fourth-order valence-corrected chi connectivity index (χ4v) is 6.55. The van der Waals surface area contributed by atoms with E-state index in [1.165, 1.54) is 0 Å². The highest BCUT2D eigenvalue weighted by molar-refractivity contribution is 7.08. The predicted octanol–water partition coefficient (Wildman–Crippen LogP) is 4.13. The summed E-state index contributed by atoms with van der Waals surface area (Å²) in [6.07, 6.45) is 3.05. The minimum atomic E-state index is -0.656. The summed E-state index contributed by atoms with van der Waals surface area (Å²) in [6.45, 7) is 1.72. The number of thiophene rings is 1. The van der Waals surface area contributed by atoms with Crippen LogP contribution in [-0.2, 0) is 32.3 Å². The normalized spacial score (nSPS) is 22.1. The van der Waals surface area contributed by atoms with Crippen molar-refractivity contribution >= 4 is 28.8 Å². The monoisotopic (exact) mass is 559 g/mol. The number of piperidine rings is 1. The molecular weight excluding hydrogens is 526 g/mol. The van der Waals surface area contributed by atoms with Crippen molar-refractivity contribution in [1.82, 2.24) is 10.2 Å². The quantitative estimate of drug-likeness (QED) is 0.453. The number of hydrogen-bond acceptors (Lipinski definition) is 7. The lowest BCUT2D eigenvalue weighted by atomic mass is 9.85. The number of benzene rings is 2. The molecule has 2 aromatic carbocycles. The van der Waals surface area contributed by atoms with Gasteiger partial charge in [-0.05, 0) is 64.6 Å². The van der Waals surface area contributed by atoms with E-state index in [-0.39, 0.29) is 24.3 Å². The van der Waals surface area contributed by atoms with Crippen molar-refractivity contribution in [2.45, 2.75) is 50.2 Å². The summed E-state index contributed by atoms with van der Waals surface area (Å²) in [7, 11) is 0. The summed E-state index contributed by atoms with van der Waals surface area (Å²) >= 11 is 1.63. The first-order chi connectivity index (χ1) is 19.6. The Labute approximate surface area is 237 Å². The van der Waals surface area contributed by atoms with Crippen LogP contribution in [0.2, 0.25) is 0 Å². The molecule has 2 saturated heterocycles. The molecule has 208 valence electrons. The number of aliphatic hydroxyl groups excluding tert-OH is 1. The van der Waals surface area contributed by atoms with Gasteiger partial charge in [0.15, 0.2) is 5.76 Å². The molecule has 3 aliphatic rings. The predicted molar refractivity (Wildman–Crippen MR) is 152 cm³/mol. The average Bonchev–Trinajstić information content (AvgIpc) is 3.66. The zero-order valence-electron chi connectivity index (χ0n) is 22.2. The van der Waals surface area contributed by atoms with Gasteiger partial charge in [0.2, 0.25) is 12.2 Å². The number of para-hydroxylation sites is 1. The Morgan fingerprint density at radius 3 is 2.52 bits per heavy atom. The number of aliphatic hydroxyl groups is 1. The lowest BCUT2D eigenvalue weighted by Crippen LogP contribution is -2.57. The number of nitrogens with zero attached hydrogens (tertiary/aromatic N) is 2. The molecule has 9 heteroatoms. The second-order valence-electron chi connectivity index (χ2n) is 10.5. The number of hydrogen-bond donors (Lipinski definition) is 2. The molecule has 6 rings (SSSR count). The Kier molecular flexibility index (Phi) is 7.60. The standard InChI is InChI=1S/C31H33N3O5S/c35-18-22-6-8-23(9-7-22)19-38-28-17-25(24-10-15-40-20-24)16-27(39-28)29(36)33-13-11-31(12-14-33)30(37)32-21-34(31)26-4-2-1-3-5-26/h1-10,15-16,20,25,28,35H,11-14,17-19,21H2,(H,32,37). The van der Waals surface area contributed by atoms with E-state index in [9.17, 15) is 14.7 Å². The number of anilines is 1. The van der Waals surface area contributed by atoms with E-state index in [1.54, 1.807) is 16.2 Å². The van der Waals surface area contributed by atoms with Gasteiger partial charge in [-0.25, -0.2) is 0 Å². The van der Waals surface area contributed by atoms with Crippen LogP contribution < -0.4 is 10.2 Å². The Bertz CT molecular complexity index is 1350. The van der Waals surface area contributed by atoms with Gasteiger partial charge in [-0.15, -0.1) is 0 Å². The Hall–Kier alpha value is -3.66. The molecule has 4 heterocycles. The topological polar surface area (TPSA) is 91.3 Å². The maximum absolute atomic E-state index is 13.7. The summed E-state index contributed by atoms with van der Waals surface area (Å²) in [6, 6.07) is 19.6. The summed E-state index contributed by atoms with van der Waals surface area (Å²) in [4.78, 5) is 30.7. The van der Waals surface area contributed by atoms with Gasteiger partial charge in [0, 0.05) is 31.1 Å². The van der Waals surface area contributed by atoms with Crippen molar-refractivity contribution in [3.05, 3.63) is 99.9 Å². The molecule has 3 aliphatic heterocycles. The molecule has 2 atom stereocenters. The van der Waals surface area contributed by atoms with Gasteiger partial charge < -0.3 is 29.7 Å². The van der Waals surface area contributed by atoms with Gasteiger partial charge in [-0.3, -0.25) is 9.59 Å². The molecule has 2 unspecified atom stereocenters. The molecule has 1 aromatic heterocycles. The Balaban J connectivity index is 1.15. The van der Waals surface area contributed by atoms with Crippen LogP contribution in [0.4, 0.5) is 5.69 Å². The van der Waals surface area contributed by atoms with Gasteiger partial charge in [0.1, 0.15) is 5.54 Å². The van der Waals surface area contributed by atoms with Crippen molar-refractivity contribution in [2.24, 2.45) is 0 Å². The van der Waals surface area contributed by atoms with Crippen molar-refractivity contribution in [1.29, 1.82) is 0 Å². The second-order valence-corrected chi connectivity index (χ2v) is 11.3. The third-order valence-electron chi connectivity index (χ3n) is 8.16. The van der Waals surface area contributed by atoms with Crippen LogP contribution in [-0.4, -0.2) is 53.4 Å². The van der Waals surface area contributed by atoms with Crippen molar-refractivity contribution in [3.63, 3.8) is 0 Å². The van der Waals surface area contributed by atoms with Gasteiger partial charge in [-0.2, -0.15) is 11.3 Å². The van der Waals surface area contributed by atoms with E-state index in [0.29, 0.717) is 51.4 Å². The van der Waals surface area contributed by atoms with Crippen LogP contribution in [0.5, 0.6) is 0 Å². The summed E-state index contributed by atoms with van der Waals surface area (Å²) in [5.41, 5.74) is 3.30. The zero-order valence-corrected chi connectivity index (χ0v) is 23.0. The number of ether oxygens (including phenoxy) is 2. The lowest BCUT2D eigenvalue weighted by Gasteiger charge is -2.43. The van der Waals surface area contributed by atoms with E-state index in [0.717, 1.165) is 22.4 Å². The molecule has 3 aromatic rings. The molecule has 8 nitrogen and oxygen atoms in total. The fourth-order valence-electron chi connectivity index (χ4n) is 5.83. The maximum Gasteiger partial charge on any atom is 0.288 e. The van der Waals surface area contributed by atoms with Crippen LogP contribution in [0.25, 0.3) is 0 Å². The van der Waals surface area contributed by atoms with E-state index in [2.05, 4.69) is 21.7 Å². The van der Waals surface area contributed by atoms with Crippen LogP contribution in [0.1, 0.15) is 41.9 Å². The SMILES string of the molecule is O=C(C1=CC(c2ccsc2)CC(OCc2ccc(CO)cc2)O1)N1CCC2(CC1)C(=O)NCN2c1ccccc1. The lowest BCUT2D eigenvalue weighted by molar-refractivity contribution is -0.157. The molecule has 0 saturated carbocycles. The second kappa shape index (κ2) is 11.4. The van der Waals surface area contributed by atoms with E-state index in [1.807, 2.05) is 66.1 Å². The number of allylic oxidation sites excluding steroid dienone is 1. The van der Waals surface area contributed by atoms with Gasteiger partial charge in [0.05, 0.1) is 19.9 Å². The van der Waals surface area contributed by atoms with Crippen molar-refractivity contribution in [2.75, 3.05) is 24.7 Å². The third-order valence-corrected chi connectivity index (χ3v) is 8.87. The number of nitrogens with one attached hydrogen (secondary N) is 1. The number of rotatable bonds is 7.